The largest absolute Gasteiger partial charge is 0.456 e. The second kappa shape index (κ2) is 10.8. The van der Waals surface area contributed by atoms with Crippen LogP contribution in [0.4, 0.5) is 17.1 Å². The van der Waals surface area contributed by atoms with Gasteiger partial charge in [-0.1, -0.05) is 41.5 Å². The Morgan fingerprint density at radius 1 is 0.698 bits per heavy atom. The van der Waals surface area contributed by atoms with E-state index in [0.29, 0.717) is 16.9 Å². The number of fused-ring (bicyclic) bond motifs is 2. The van der Waals surface area contributed by atoms with Gasteiger partial charge in [0.25, 0.3) is 10.1 Å². The maximum Gasteiger partial charge on any atom is 0.294 e. The van der Waals surface area contributed by atoms with Gasteiger partial charge >= 0.3 is 0 Å². The van der Waals surface area contributed by atoms with Crippen LogP contribution >= 0.6 is 0 Å². The monoisotopic (exact) mass is 588 g/mol. The average molecular weight is 589 g/mol. The molecule has 0 saturated carbocycles. The number of aryl methyl sites for hydroxylation is 5. The first kappa shape index (κ1) is 28.4. The molecule has 0 bridgehead atoms. The van der Waals surface area contributed by atoms with E-state index in [0.717, 1.165) is 55.6 Å². The normalized spacial score (nSPS) is 12.3. The zero-order valence-electron chi connectivity index (χ0n) is 24.7. The van der Waals surface area contributed by atoms with Gasteiger partial charge in [0.15, 0.2) is 0 Å². The standard InChI is InChI=1S/C36H32N2O4S/c1-21-6-14-32(24(4)16-21)37-26-8-11-30-34(19-26)42-35-20-27(38-33-15-7-22(2)17-25(33)5)9-12-31(35)36(30)29-13-10-28(18-23(29)3)43(39,40)41/h6-20,37H,1-5H3,(H,39,40,41). The number of hydrogen-bond donors (Lipinski definition) is 2. The van der Waals surface area contributed by atoms with Crippen LogP contribution in [0.3, 0.4) is 0 Å². The summed E-state index contributed by atoms with van der Waals surface area (Å²) in [4.78, 5) is 4.75. The van der Waals surface area contributed by atoms with Crippen LogP contribution in [0.5, 0.6) is 0 Å². The van der Waals surface area contributed by atoms with Gasteiger partial charge in [-0.15, -0.1) is 0 Å². The quantitative estimate of drug-likeness (QED) is 0.155. The summed E-state index contributed by atoms with van der Waals surface area (Å²) >= 11 is 0. The van der Waals surface area contributed by atoms with Crippen LogP contribution in [0.2, 0.25) is 0 Å². The van der Waals surface area contributed by atoms with Gasteiger partial charge in [-0.25, -0.2) is 4.99 Å². The van der Waals surface area contributed by atoms with Crippen molar-refractivity contribution in [1.82, 2.24) is 0 Å². The van der Waals surface area contributed by atoms with Crippen LogP contribution in [-0.2, 0) is 10.1 Å². The molecular weight excluding hydrogens is 556 g/mol. The molecule has 0 amide bonds. The Kier molecular flexibility index (Phi) is 7.16. The Morgan fingerprint density at radius 2 is 1.42 bits per heavy atom. The van der Waals surface area contributed by atoms with Gasteiger partial charge in [-0.2, -0.15) is 8.42 Å². The maximum atomic E-state index is 11.8. The Bertz CT molecular complexity index is 2200. The van der Waals surface area contributed by atoms with E-state index in [1.165, 1.54) is 23.3 Å². The highest BCUT2D eigenvalue weighted by Crippen LogP contribution is 2.42. The van der Waals surface area contributed by atoms with Crippen LogP contribution in [0.25, 0.3) is 33.4 Å². The SMILES string of the molecule is Cc1ccc(N=c2ccc3c(-c4ccc(S(=O)(=O)O)cc4C)c4ccc(Nc5ccc(C)cc5C)cc4oc-3c2)c(C)c1. The Hall–Kier alpha value is -4.72. The number of hydrogen-bond acceptors (Lipinski definition) is 5. The first-order chi connectivity index (χ1) is 20.5. The van der Waals surface area contributed by atoms with Gasteiger partial charge in [0.1, 0.15) is 11.3 Å². The van der Waals surface area contributed by atoms with Crippen molar-refractivity contribution in [3.63, 3.8) is 0 Å². The van der Waals surface area contributed by atoms with Crippen molar-refractivity contribution >= 4 is 38.1 Å². The fourth-order valence-electron chi connectivity index (χ4n) is 5.57. The molecule has 0 atom stereocenters. The molecule has 0 unspecified atom stereocenters. The minimum atomic E-state index is -4.33. The Labute approximate surface area is 251 Å². The number of nitrogens with one attached hydrogen (secondary N) is 1. The molecule has 6 rings (SSSR count). The molecule has 0 saturated heterocycles. The Morgan fingerprint density at radius 3 is 2.12 bits per heavy atom. The highest BCUT2D eigenvalue weighted by Gasteiger charge is 2.20. The van der Waals surface area contributed by atoms with Crippen molar-refractivity contribution in [2.24, 2.45) is 4.99 Å². The molecule has 0 fully saturated rings. The summed E-state index contributed by atoms with van der Waals surface area (Å²) in [6.45, 7) is 10.1. The molecule has 0 radical (unpaired) electrons. The van der Waals surface area contributed by atoms with Gasteiger partial charge in [-0.3, -0.25) is 4.55 Å². The van der Waals surface area contributed by atoms with Crippen molar-refractivity contribution < 1.29 is 17.4 Å². The first-order valence-electron chi connectivity index (χ1n) is 14.0. The lowest BCUT2D eigenvalue weighted by molar-refractivity contribution is 0.483. The molecule has 1 aliphatic carbocycles. The zero-order chi connectivity index (χ0) is 30.5. The van der Waals surface area contributed by atoms with Gasteiger partial charge in [0.05, 0.1) is 15.9 Å². The molecule has 7 heteroatoms. The van der Waals surface area contributed by atoms with Crippen molar-refractivity contribution in [2.45, 2.75) is 39.5 Å². The lowest BCUT2D eigenvalue weighted by Crippen LogP contribution is -2.03. The van der Waals surface area contributed by atoms with Gasteiger partial charge in [0.2, 0.25) is 0 Å². The van der Waals surface area contributed by atoms with Gasteiger partial charge in [0, 0.05) is 40.0 Å². The number of nitrogens with zero attached hydrogens (tertiary/aromatic N) is 1. The van der Waals surface area contributed by atoms with Crippen LogP contribution < -0.4 is 10.7 Å². The summed E-state index contributed by atoms with van der Waals surface area (Å²) in [7, 11) is -4.33. The molecule has 216 valence electrons. The van der Waals surface area contributed by atoms with E-state index in [2.05, 4.69) is 50.4 Å². The van der Waals surface area contributed by atoms with Crippen LogP contribution in [0, 0.1) is 34.6 Å². The van der Waals surface area contributed by atoms with Crippen molar-refractivity contribution in [3.05, 3.63) is 124 Å². The topological polar surface area (TPSA) is 91.9 Å². The van der Waals surface area contributed by atoms with E-state index < -0.39 is 10.1 Å². The molecule has 2 N–H and O–H groups in total. The highest BCUT2D eigenvalue weighted by molar-refractivity contribution is 7.85. The fourth-order valence-corrected chi connectivity index (χ4v) is 6.14. The minimum absolute atomic E-state index is 0.141. The van der Waals surface area contributed by atoms with Crippen molar-refractivity contribution in [1.29, 1.82) is 0 Å². The zero-order valence-corrected chi connectivity index (χ0v) is 25.5. The van der Waals surface area contributed by atoms with Crippen LogP contribution in [0.15, 0.2) is 105 Å². The molecule has 6 nitrogen and oxygen atoms in total. The minimum Gasteiger partial charge on any atom is -0.456 e. The van der Waals surface area contributed by atoms with Crippen molar-refractivity contribution in [2.75, 3.05) is 5.32 Å². The molecule has 0 spiro atoms. The Balaban J connectivity index is 1.58. The summed E-state index contributed by atoms with van der Waals surface area (Å²) in [5, 5.41) is 5.15. The third kappa shape index (κ3) is 5.69. The molecule has 4 aromatic carbocycles. The summed E-state index contributed by atoms with van der Waals surface area (Å²) < 4.78 is 39.9. The van der Waals surface area contributed by atoms with Crippen LogP contribution in [0.1, 0.15) is 27.8 Å². The summed E-state index contributed by atoms with van der Waals surface area (Å²) in [5.74, 6) is 0.649. The predicted octanol–water partition coefficient (Wildman–Crippen LogP) is 8.97. The predicted molar refractivity (Wildman–Crippen MR) is 173 cm³/mol. The third-order valence-corrected chi connectivity index (χ3v) is 8.58. The maximum absolute atomic E-state index is 11.8. The molecule has 1 heterocycles. The van der Waals surface area contributed by atoms with E-state index in [1.54, 1.807) is 6.07 Å². The van der Waals surface area contributed by atoms with E-state index in [1.807, 2.05) is 62.4 Å². The van der Waals surface area contributed by atoms with E-state index >= 15 is 0 Å². The second-order valence-corrected chi connectivity index (χ2v) is 12.6. The van der Waals surface area contributed by atoms with Gasteiger partial charge in [-0.05, 0) is 105 Å². The molecular formula is C36H32N2O4S. The molecule has 1 aliphatic heterocycles. The van der Waals surface area contributed by atoms with Crippen LogP contribution in [-0.4, -0.2) is 13.0 Å². The summed E-state index contributed by atoms with van der Waals surface area (Å²) in [6, 6.07) is 29.0. The third-order valence-electron chi connectivity index (χ3n) is 7.73. The number of rotatable bonds is 5. The molecule has 43 heavy (non-hydrogen) atoms. The van der Waals surface area contributed by atoms with E-state index in [4.69, 9.17) is 9.41 Å². The molecule has 0 aromatic heterocycles. The highest BCUT2D eigenvalue weighted by atomic mass is 32.2. The average Bonchev–Trinajstić information content (AvgIpc) is 2.94. The van der Waals surface area contributed by atoms with Crippen molar-refractivity contribution in [3.8, 4) is 22.5 Å². The summed E-state index contributed by atoms with van der Waals surface area (Å²) in [6.07, 6.45) is 0. The number of benzene rings is 5. The lowest BCUT2D eigenvalue weighted by atomic mass is 9.91. The second-order valence-electron chi connectivity index (χ2n) is 11.2. The van der Waals surface area contributed by atoms with Gasteiger partial charge < -0.3 is 9.73 Å². The van der Waals surface area contributed by atoms with E-state index in [-0.39, 0.29) is 4.90 Å². The molecule has 2 aliphatic rings. The summed E-state index contributed by atoms with van der Waals surface area (Å²) in [5.41, 5.74) is 11.4. The fraction of sp³-hybridized carbons (Fsp3) is 0.139. The van der Waals surface area contributed by atoms with E-state index in [9.17, 15) is 13.0 Å². The number of anilines is 2. The lowest BCUT2D eigenvalue weighted by Gasteiger charge is -2.18. The first-order valence-corrected chi connectivity index (χ1v) is 15.5. The molecule has 4 aromatic rings. The smallest absolute Gasteiger partial charge is 0.294 e.